The lowest BCUT2D eigenvalue weighted by molar-refractivity contribution is -0.295. The van der Waals surface area contributed by atoms with E-state index in [0.717, 1.165) is 0 Å². The van der Waals surface area contributed by atoms with Crippen molar-refractivity contribution in [1.29, 1.82) is 0 Å². The van der Waals surface area contributed by atoms with Crippen molar-refractivity contribution < 1.29 is 31.9 Å². The summed E-state index contributed by atoms with van der Waals surface area (Å²) in [5.74, 6) is -8.03. The highest BCUT2D eigenvalue weighted by Gasteiger charge is 2.20. The van der Waals surface area contributed by atoms with Crippen LogP contribution in [0.15, 0.2) is 18.2 Å². The predicted octanol–water partition coefficient (Wildman–Crippen LogP) is 1.46. The van der Waals surface area contributed by atoms with Crippen LogP contribution in [0.3, 0.4) is 0 Å². The number of carbonyl (C=O) groups excluding carboxylic acids is 1. The first-order chi connectivity index (χ1) is 7.36. The molecule has 0 saturated carbocycles. The highest BCUT2D eigenvalue weighted by molar-refractivity contribution is 6.14. The maximum Gasteiger partial charge on any atom is 0.280 e. The molecule has 1 aromatic carbocycles. The maximum atomic E-state index is 13.0. The number of hydrogen-bond donors (Lipinski definition) is 0. The van der Waals surface area contributed by atoms with Crippen molar-refractivity contribution in [2.24, 2.45) is 0 Å². The van der Waals surface area contributed by atoms with E-state index < -0.39 is 40.6 Å². The Morgan fingerprint density at radius 3 is 2.06 bits per heavy atom. The summed E-state index contributed by atoms with van der Waals surface area (Å²) in [5.41, 5.74) is -3.07. The molecule has 0 spiro atoms. The molecule has 16 heavy (non-hydrogen) atoms. The zero-order valence-electron chi connectivity index (χ0n) is 7.36. The molecule has 0 amide bonds. The Hall–Kier alpha value is -1.92. The molecule has 0 N–H and O–H groups in total. The summed E-state index contributed by atoms with van der Waals surface area (Å²) in [6.45, 7) is 0. The van der Waals surface area contributed by atoms with Crippen LogP contribution in [0.4, 0.5) is 22.0 Å². The first-order valence-electron chi connectivity index (χ1n) is 3.76. The molecule has 0 atom stereocenters. The van der Waals surface area contributed by atoms with Crippen molar-refractivity contribution in [2.75, 3.05) is 0 Å². The molecule has 1 aromatic rings. The second kappa shape index (κ2) is 4.30. The fraction of sp³-hybridized carbons (Fsp3) is 0. The van der Waals surface area contributed by atoms with E-state index in [-0.39, 0.29) is 0 Å². The largest absolute Gasteiger partial charge is 0.545 e. The van der Waals surface area contributed by atoms with E-state index in [1.54, 1.807) is 0 Å². The summed E-state index contributed by atoms with van der Waals surface area (Å²) in [5, 5.41) is 10.3. The van der Waals surface area contributed by atoms with E-state index in [4.69, 9.17) is 0 Å². The second-order valence-electron chi connectivity index (χ2n) is 2.65. The number of carboxylic acids is 1. The summed E-state index contributed by atoms with van der Waals surface area (Å²) in [7, 11) is 0. The minimum atomic E-state index is -2.76. The third kappa shape index (κ3) is 2.02. The number of halogens is 5. The molecule has 1 rings (SSSR count). The lowest BCUT2D eigenvalue weighted by Crippen LogP contribution is -2.24. The van der Waals surface area contributed by atoms with Crippen LogP contribution in [0.1, 0.15) is 5.56 Å². The van der Waals surface area contributed by atoms with E-state index in [9.17, 15) is 31.9 Å². The van der Waals surface area contributed by atoms with Gasteiger partial charge in [-0.1, -0.05) is 0 Å². The third-order valence-corrected chi connectivity index (χ3v) is 1.70. The smallest absolute Gasteiger partial charge is 0.280 e. The Kier molecular flexibility index (Phi) is 3.26. The van der Waals surface area contributed by atoms with Gasteiger partial charge in [-0.15, -0.1) is 0 Å². The molecule has 0 aliphatic carbocycles. The molecule has 0 unspecified atom stereocenters. The van der Waals surface area contributed by atoms with Crippen molar-refractivity contribution >= 4 is 11.5 Å². The Morgan fingerprint density at radius 1 is 1.06 bits per heavy atom. The number of carboxylic acid groups (broad SMARTS) is 1. The summed E-state index contributed by atoms with van der Waals surface area (Å²) in [6, 6.07) is 0.720. The molecule has 0 radical (unpaired) electrons. The van der Waals surface area contributed by atoms with Crippen LogP contribution in [0.25, 0.3) is 5.57 Å². The normalized spacial score (nSPS) is 10.1. The molecule has 7 heteroatoms. The number of rotatable bonds is 2. The average molecular weight is 237 g/mol. The van der Waals surface area contributed by atoms with E-state index in [1.807, 2.05) is 0 Å². The van der Waals surface area contributed by atoms with Gasteiger partial charge in [-0.25, -0.2) is 13.2 Å². The lowest BCUT2D eigenvalue weighted by atomic mass is 10.1. The zero-order valence-corrected chi connectivity index (χ0v) is 7.36. The third-order valence-electron chi connectivity index (χ3n) is 1.70. The minimum Gasteiger partial charge on any atom is -0.545 e. The quantitative estimate of drug-likeness (QED) is 0.444. The Labute approximate surface area is 85.6 Å². The number of hydrogen-bond acceptors (Lipinski definition) is 2. The van der Waals surface area contributed by atoms with Gasteiger partial charge in [-0.3, -0.25) is 0 Å². The van der Waals surface area contributed by atoms with E-state index >= 15 is 0 Å². The van der Waals surface area contributed by atoms with Gasteiger partial charge in [0.25, 0.3) is 6.08 Å². The van der Waals surface area contributed by atoms with E-state index in [1.165, 1.54) is 0 Å². The standard InChI is InChI=1S/C9H3F5O2/c10-4-2-1-3(6(11)7(4)12)5(8(13)14)9(15)16/h1-2H,(H,15,16)/p-1. The molecule has 0 heterocycles. The van der Waals surface area contributed by atoms with Crippen molar-refractivity contribution in [3.05, 3.63) is 41.2 Å². The van der Waals surface area contributed by atoms with Gasteiger partial charge in [-0.2, -0.15) is 8.78 Å². The molecule has 0 bridgehead atoms. The molecular formula is C9H2F5O2-. The van der Waals surface area contributed by atoms with E-state index in [2.05, 4.69) is 0 Å². The number of benzene rings is 1. The summed E-state index contributed by atoms with van der Waals surface area (Å²) in [4.78, 5) is 10.3. The number of aliphatic carboxylic acids is 1. The van der Waals surface area contributed by atoms with Gasteiger partial charge >= 0.3 is 0 Å². The molecule has 2 nitrogen and oxygen atoms in total. The fourth-order valence-corrected chi connectivity index (χ4v) is 1.01. The minimum absolute atomic E-state index is 0.333. The first-order valence-corrected chi connectivity index (χ1v) is 3.76. The van der Waals surface area contributed by atoms with Crippen LogP contribution in [-0.4, -0.2) is 5.97 Å². The zero-order chi connectivity index (χ0) is 12.5. The molecule has 86 valence electrons. The van der Waals surface area contributed by atoms with Gasteiger partial charge in [0.15, 0.2) is 17.5 Å². The number of carbonyl (C=O) groups is 1. The summed E-state index contributed by atoms with van der Waals surface area (Å²) >= 11 is 0. The van der Waals surface area contributed by atoms with Crippen LogP contribution in [0, 0.1) is 17.5 Å². The van der Waals surface area contributed by atoms with Crippen molar-refractivity contribution in [3.63, 3.8) is 0 Å². The fourth-order valence-electron chi connectivity index (χ4n) is 1.01. The average Bonchev–Trinajstić information content (AvgIpc) is 2.17. The Balaban J connectivity index is 3.51. The van der Waals surface area contributed by atoms with Gasteiger partial charge in [0.05, 0.1) is 11.5 Å². The van der Waals surface area contributed by atoms with Gasteiger partial charge in [0.2, 0.25) is 0 Å². The van der Waals surface area contributed by atoms with Crippen molar-refractivity contribution in [2.45, 2.75) is 0 Å². The SMILES string of the molecule is O=C([O-])C(=C(F)F)c1ccc(F)c(F)c1F. The van der Waals surface area contributed by atoms with Crippen LogP contribution in [-0.2, 0) is 4.79 Å². The highest BCUT2D eigenvalue weighted by atomic mass is 19.3. The van der Waals surface area contributed by atoms with E-state index in [0.29, 0.717) is 12.1 Å². The van der Waals surface area contributed by atoms with Crippen molar-refractivity contribution in [3.8, 4) is 0 Å². The van der Waals surface area contributed by atoms with Crippen LogP contribution >= 0.6 is 0 Å². The molecule has 0 aromatic heterocycles. The van der Waals surface area contributed by atoms with Crippen LogP contribution in [0.2, 0.25) is 0 Å². The first kappa shape index (κ1) is 12.2. The summed E-state index contributed by atoms with van der Waals surface area (Å²) < 4.78 is 62.3. The highest BCUT2D eigenvalue weighted by Crippen LogP contribution is 2.25. The maximum absolute atomic E-state index is 13.0. The van der Waals surface area contributed by atoms with Gasteiger partial charge in [-0.05, 0) is 12.1 Å². The lowest BCUT2D eigenvalue weighted by Gasteiger charge is -2.09. The molecule has 0 saturated heterocycles. The van der Waals surface area contributed by atoms with Gasteiger partial charge in [0.1, 0.15) is 0 Å². The van der Waals surface area contributed by atoms with Gasteiger partial charge < -0.3 is 9.90 Å². The van der Waals surface area contributed by atoms with Crippen molar-refractivity contribution in [1.82, 2.24) is 0 Å². The molecule has 0 aliphatic rings. The summed E-state index contributed by atoms with van der Waals surface area (Å²) in [6.07, 6.45) is -2.76. The second-order valence-corrected chi connectivity index (χ2v) is 2.65. The van der Waals surface area contributed by atoms with Gasteiger partial charge in [0, 0.05) is 5.56 Å². The molecule has 0 fully saturated rings. The topological polar surface area (TPSA) is 40.1 Å². The Bertz CT molecular complexity index is 477. The molecule has 0 aliphatic heterocycles. The predicted molar refractivity (Wildman–Crippen MR) is 40.5 cm³/mol. The molecular weight excluding hydrogens is 235 g/mol. The monoisotopic (exact) mass is 237 g/mol. The van der Waals surface area contributed by atoms with Crippen LogP contribution in [0.5, 0.6) is 0 Å². The Morgan fingerprint density at radius 2 is 1.62 bits per heavy atom. The van der Waals surface area contributed by atoms with Crippen LogP contribution < -0.4 is 5.11 Å².